The quantitative estimate of drug-likeness (QED) is 0.552. The van der Waals surface area contributed by atoms with Gasteiger partial charge in [-0.3, -0.25) is 9.69 Å². The van der Waals surface area contributed by atoms with Crippen molar-refractivity contribution in [2.75, 3.05) is 45.6 Å². The van der Waals surface area contributed by atoms with Crippen LogP contribution in [0, 0.1) is 0 Å². The Bertz CT molecular complexity index is 1230. The van der Waals surface area contributed by atoms with Gasteiger partial charge < -0.3 is 15.4 Å². The van der Waals surface area contributed by atoms with Crippen molar-refractivity contribution in [2.45, 2.75) is 19.5 Å². The molecule has 0 radical (unpaired) electrons. The molecule has 3 aromatic rings. The summed E-state index contributed by atoms with van der Waals surface area (Å²) in [5, 5.41) is 0. The summed E-state index contributed by atoms with van der Waals surface area (Å²) < 4.78 is 43.6. The number of ether oxygens (including phenoxy) is 1. The van der Waals surface area contributed by atoms with E-state index in [1.165, 1.54) is 18.3 Å². The van der Waals surface area contributed by atoms with Crippen LogP contribution < -0.4 is 10.5 Å². The van der Waals surface area contributed by atoms with Gasteiger partial charge in [-0.2, -0.15) is 13.2 Å². The fraction of sp³-hybridized carbons (Fsp3) is 0.360. The smallest absolute Gasteiger partial charge is 0.401 e. The zero-order valence-corrected chi connectivity index (χ0v) is 20.0. The monoisotopic (exact) mass is 500 g/mol. The molecule has 190 valence electrons. The van der Waals surface area contributed by atoms with E-state index < -0.39 is 12.7 Å². The van der Waals surface area contributed by atoms with Crippen LogP contribution in [0.3, 0.4) is 0 Å². The molecule has 1 aromatic carbocycles. The van der Waals surface area contributed by atoms with Gasteiger partial charge in [-0.1, -0.05) is 13.0 Å². The summed E-state index contributed by atoms with van der Waals surface area (Å²) in [6.45, 7) is 1.76. The number of pyridine rings is 1. The van der Waals surface area contributed by atoms with Gasteiger partial charge in [-0.25, -0.2) is 15.0 Å². The minimum absolute atomic E-state index is 0.158. The largest absolute Gasteiger partial charge is 0.496 e. The molecule has 2 aromatic heterocycles. The topological polar surface area (TPSA) is 97.5 Å². The Morgan fingerprint density at radius 3 is 2.39 bits per heavy atom. The van der Waals surface area contributed by atoms with Gasteiger partial charge in [0.1, 0.15) is 17.9 Å². The second-order valence-corrected chi connectivity index (χ2v) is 8.47. The van der Waals surface area contributed by atoms with Crippen molar-refractivity contribution in [3.63, 3.8) is 0 Å². The predicted molar refractivity (Wildman–Crippen MR) is 129 cm³/mol. The molecule has 3 heterocycles. The van der Waals surface area contributed by atoms with Crippen molar-refractivity contribution in [1.82, 2.24) is 24.8 Å². The van der Waals surface area contributed by atoms with Gasteiger partial charge in [0.2, 0.25) is 0 Å². The van der Waals surface area contributed by atoms with Crippen LogP contribution in [0.1, 0.15) is 23.0 Å². The SMILES string of the molecule is CCc1ncnc(-c2ccc(C(=O)N3CCN(CC(F)(F)F)CC3)c(OC)c2)c1-c1ccc(N)nc1. The van der Waals surface area contributed by atoms with Gasteiger partial charge in [-0.05, 0) is 30.7 Å². The number of halogens is 3. The average molecular weight is 501 g/mol. The summed E-state index contributed by atoms with van der Waals surface area (Å²) in [6.07, 6.45) is -0.424. The number of aromatic nitrogens is 3. The summed E-state index contributed by atoms with van der Waals surface area (Å²) >= 11 is 0. The van der Waals surface area contributed by atoms with Gasteiger partial charge in [0.05, 0.1) is 30.6 Å². The lowest BCUT2D eigenvalue weighted by atomic mass is 9.96. The Kier molecular flexibility index (Phi) is 7.39. The summed E-state index contributed by atoms with van der Waals surface area (Å²) in [5.41, 5.74) is 9.94. The molecule has 0 saturated carbocycles. The Hall–Kier alpha value is -3.73. The fourth-order valence-corrected chi connectivity index (χ4v) is 4.31. The molecular formula is C25H27F3N6O2. The van der Waals surface area contributed by atoms with Crippen LogP contribution in [0.5, 0.6) is 5.75 Å². The Morgan fingerprint density at radius 1 is 1.06 bits per heavy atom. The first-order chi connectivity index (χ1) is 17.2. The maximum atomic E-state index is 13.2. The molecule has 2 N–H and O–H groups in total. The van der Waals surface area contributed by atoms with Crippen LogP contribution in [0.25, 0.3) is 22.4 Å². The number of piperazine rings is 1. The molecule has 1 aliphatic rings. The normalized spacial score (nSPS) is 14.6. The number of carbonyl (C=O) groups is 1. The second kappa shape index (κ2) is 10.5. The highest BCUT2D eigenvalue weighted by Gasteiger charge is 2.33. The average Bonchev–Trinajstić information content (AvgIpc) is 2.87. The van der Waals surface area contributed by atoms with Crippen LogP contribution in [0.2, 0.25) is 0 Å². The highest BCUT2D eigenvalue weighted by molar-refractivity contribution is 5.98. The number of nitrogen functional groups attached to an aromatic ring is 1. The molecule has 4 rings (SSSR count). The first-order valence-corrected chi connectivity index (χ1v) is 11.5. The van der Waals surface area contributed by atoms with Crippen LogP contribution in [-0.4, -0.2) is 76.7 Å². The summed E-state index contributed by atoms with van der Waals surface area (Å²) in [5.74, 6) is 0.470. The standard InChI is InChI=1S/C25H27F3N6O2/c1-3-19-22(17-5-7-21(29)30-13-17)23(32-15-31-19)16-4-6-18(20(12-16)36-2)24(35)34-10-8-33(9-11-34)14-25(26,27)28/h4-7,12-13,15H,3,8-11,14H2,1-2H3,(H2,29,30). The van der Waals surface area contributed by atoms with E-state index in [1.807, 2.05) is 13.0 Å². The molecular weight excluding hydrogens is 473 g/mol. The van der Waals surface area contributed by atoms with Gasteiger partial charge >= 0.3 is 6.18 Å². The number of hydrogen-bond acceptors (Lipinski definition) is 7. The predicted octanol–water partition coefficient (Wildman–Crippen LogP) is 3.68. The lowest BCUT2D eigenvalue weighted by Gasteiger charge is -2.35. The van der Waals surface area contributed by atoms with E-state index in [1.54, 1.807) is 35.4 Å². The molecule has 11 heteroatoms. The molecule has 0 unspecified atom stereocenters. The van der Waals surface area contributed by atoms with Crippen molar-refractivity contribution in [2.24, 2.45) is 0 Å². The lowest BCUT2D eigenvalue weighted by molar-refractivity contribution is -0.148. The number of nitrogens with two attached hydrogens (primary N) is 1. The first kappa shape index (κ1) is 25.4. The molecule has 1 aliphatic heterocycles. The second-order valence-electron chi connectivity index (χ2n) is 8.47. The summed E-state index contributed by atoms with van der Waals surface area (Å²) in [7, 11) is 1.47. The van der Waals surface area contributed by atoms with Gasteiger partial charge in [0.25, 0.3) is 5.91 Å². The number of benzene rings is 1. The molecule has 1 fully saturated rings. The molecule has 36 heavy (non-hydrogen) atoms. The van der Waals surface area contributed by atoms with Gasteiger partial charge in [0.15, 0.2) is 0 Å². The highest BCUT2D eigenvalue weighted by Crippen LogP contribution is 2.35. The molecule has 1 saturated heterocycles. The van der Waals surface area contributed by atoms with Crippen LogP contribution in [0.15, 0.2) is 42.9 Å². The number of aryl methyl sites for hydroxylation is 1. The van der Waals surface area contributed by atoms with Crippen molar-refractivity contribution in [3.8, 4) is 28.1 Å². The number of carbonyl (C=O) groups excluding carboxylic acids is 1. The number of nitrogens with zero attached hydrogens (tertiary/aromatic N) is 5. The number of methoxy groups -OCH3 is 1. The van der Waals surface area contributed by atoms with Crippen molar-refractivity contribution >= 4 is 11.7 Å². The first-order valence-electron chi connectivity index (χ1n) is 11.5. The van der Waals surface area contributed by atoms with Gasteiger partial charge in [0, 0.05) is 49.1 Å². The molecule has 1 amide bonds. The minimum Gasteiger partial charge on any atom is -0.496 e. The Morgan fingerprint density at radius 2 is 1.78 bits per heavy atom. The highest BCUT2D eigenvalue weighted by atomic mass is 19.4. The van der Waals surface area contributed by atoms with Crippen molar-refractivity contribution in [1.29, 1.82) is 0 Å². The molecule has 0 spiro atoms. The number of anilines is 1. The zero-order valence-electron chi connectivity index (χ0n) is 20.0. The summed E-state index contributed by atoms with van der Waals surface area (Å²) in [4.78, 5) is 29.2. The van der Waals surface area contributed by atoms with Crippen LogP contribution >= 0.6 is 0 Å². The third-order valence-electron chi connectivity index (χ3n) is 6.10. The van der Waals surface area contributed by atoms with E-state index in [0.717, 1.165) is 22.4 Å². The number of rotatable bonds is 6. The third-order valence-corrected chi connectivity index (χ3v) is 6.10. The van der Waals surface area contributed by atoms with E-state index >= 15 is 0 Å². The van der Waals surface area contributed by atoms with E-state index in [4.69, 9.17) is 10.5 Å². The van der Waals surface area contributed by atoms with E-state index in [2.05, 4.69) is 15.0 Å². The van der Waals surface area contributed by atoms with E-state index in [-0.39, 0.29) is 32.1 Å². The number of alkyl halides is 3. The molecule has 0 atom stereocenters. The maximum absolute atomic E-state index is 13.2. The number of amides is 1. The van der Waals surface area contributed by atoms with Gasteiger partial charge in [-0.15, -0.1) is 0 Å². The molecule has 0 bridgehead atoms. The minimum atomic E-state index is -4.26. The van der Waals surface area contributed by atoms with E-state index in [0.29, 0.717) is 29.2 Å². The van der Waals surface area contributed by atoms with Crippen LogP contribution in [0.4, 0.5) is 19.0 Å². The molecule has 8 nitrogen and oxygen atoms in total. The lowest BCUT2D eigenvalue weighted by Crippen LogP contribution is -2.50. The van der Waals surface area contributed by atoms with Crippen LogP contribution in [-0.2, 0) is 6.42 Å². The molecule has 0 aliphatic carbocycles. The Labute approximate surface area is 206 Å². The summed E-state index contributed by atoms with van der Waals surface area (Å²) in [6, 6.07) is 8.76. The maximum Gasteiger partial charge on any atom is 0.401 e. The zero-order chi connectivity index (χ0) is 25.9. The third kappa shape index (κ3) is 5.56. The van der Waals surface area contributed by atoms with Crippen molar-refractivity contribution in [3.05, 3.63) is 54.1 Å². The van der Waals surface area contributed by atoms with Crippen molar-refractivity contribution < 1.29 is 22.7 Å². The Balaban J connectivity index is 1.62. The fourth-order valence-electron chi connectivity index (χ4n) is 4.31. The van der Waals surface area contributed by atoms with E-state index in [9.17, 15) is 18.0 Å². The number of hydrogen-bond donors (Lipinski definition) is 1.